The predicted octanol–water partition coefficient (Wildman–Crippen LogP) is -0.169. The zero-order valence-electron chi connectivity index (χ0n) is 10.1. The Kier molecular flexibility index (Phi) is 5.36. The molecule has 1 fully saturated rings. The van der Waals surface area contributed by atoms with Crippen LogP contribution >= 0.6 is 12.4 Å². The van der Waals surface area contributed by atoms with Crippen molar-refractivity contribution in [1.29, 1.82) is 0 Å². The fraction of sp³-hybridized carbons (Fsp3) is 0.500. The summed E-state index contributed by atoms with van der Waals surface area (Å²) in [5.41, 5.74) is 0. The van der Waals surface area contributed by atoms with E-state index in [2.05, 4.69) is 10.6 Å². The molecule has 2 heterocycles. The van der Waals surface area contributed by atoms with Gasteiger partial charge in [-0.15, -0.1) is 12.4 Å². The molecule has 108 valence electrons. The maximum absolute atomic E-state index is 11.8. The van der Waals surface area contributed by atoms with Gasteiger partial charge in [0.2, 0.25) is 5.09 Å². The van der Waals surface area contributed by atoms with Crippen LogP contribution in [0.2, 0.25) is 0 Å². The van der Waals surface area contributed by atoms with Crippen LogP contribution in [0.3, 0.4) is 0 Å². The van der Waals surface area contributed by atoms with Crippen molar-refractivity contribution in [2.75, 3.05) is 13.1 Å². The van der Waals surface area contributed by atoms with E-state index in [1.165, 1.54) is 12.1 Å². The van der Waals surface area contributed by atoms with E-state index < -0.39 is 21.0 Å². The molecule has 0 spiro atoms. The molecule has 0 radical (unpaired) electrons. The summed E-state index contributed by atoms with van der Waals surface area (Å²) in [5.74, 6) is -0.483. The van der Waals surface area contributed by atoms with Gasteiger partial charge in [-0.25, -0.2) is 13.6 Å². The first-order chi connectivity index (χ1) is 8.47. The molecule has 7 nitrogen and oxygen atoms in total. The molecular formula is C10H16ClN3O4S. The molecule has 19 heavy (non-hydrogen) atoms. The van der Waals surface area contributed by atoms with Crippen LogP contribution in [-0.2, 0) is 10.0 Å². The largest absolute Gasteiger partial charge is 0.438 e. The Balaban J connectivity index is 0.00000180. The van der Waals surface area contributed by atoms with Crippen molar-refractivity contribution in [3.8, 4) is 0 Å². The van der Waals surface area contributed by atoms with Crippen molar-refractivity contribution in [3.05, 3.63) is 17.9 Å². The Morgan fingerprint density at radius 2 is 2.21 bits per heavy atom. The summed E-state index contributed by atoms with van der Waals surface area (Å²) < 4.78 is 26.9. The molecule has 0 unspecified atom stereocenters. The number of hydrogen-bond donors (Lipinski definition) is 3. The first-order valence-corrected chi connectivity index (χ1v) is 7.15. The first-order valence-electron chi connectivity index (χ1n) is 5.61. The molecule has 0 saturated carbocycles. The summed E-state index contributed by atoms with van der Waals surface area (Å²) in [7, 11) is -3.91. The lowest BCUT2D eigenvalue weighted by Gasteiger charge is -2.23. The molecule has 1 aliphatic heterocycles. The number of furan rings is 1. The number of halogens is 1. The molecule has 1 aliphatic rings. The second-order valence-corrected chi connectivity index (χ2v) is 5.67. The van der Waals surface area contributed by atoms with Crippen LogP contribution < -0.4 is 15.8 Å². The van der Waals surface area contributed by atoms with Crippen LogP contribution in [0.4, 0.5) is 0 Å². The topological polar surface area (TPSA) is 114 Å². The fourth-order valence-corrected chi connectivity index (χ4v) is 2.29. The second kappa shape index (κ2) is 6.38. The lowest BCUT2D eigenvalue weighted by atomic mass is 10.1. The van der Waals surface area contributed by atoms with E-state index in [1.54, 1.807) is 0 Å². The predicted molar refractivity (Wildman–Crippen MR) is 70.7 cm³/mol. The summed E-state index contributed by atoms with van der Waals surface area (Å²) in [5, 5.41) is 10.4. The third kappa shape index (κ3) is 4.20. The van der Waals surface area contributed by atoms with Gasteiger partial charge in [-0.1, -0.05) is 0 Å². The standard InChI is InChI=1S/C10H15N3O4S.ClH/c11-18(15,16)9-4-3-8(17-9)10(14)13-7-2-1-5-12-6-7;/h3-4,7,12H,1-2,5-6H2,(H,13,14)(H2,11,15,16);1H/t7-;/m0./s1. The van der Waals surface area contributed by atoms with Crippen molar-refractivity contribution in [3.63, 3.8) is 0 Å². The van der Waals surface area contributed by atoms with Gasteiger partial charge in [0.1, 0.15) is 0 Å². The molecule has 1 amide bonds. The Morgan fingerprint density at radius 1 is 1.47 bits per heavy atom. The van der Waals surface area contributed by atoms with E-state index >= 15 is 0 Å². The van der Waals surface area contributed by atoms with Crippen molar-refractivity contribution < 1.29 is 17.6 Å². The molecule has 0 bridgehead atoms. The summed E-state index contributed by atoms with van der Waals surface area (Å²) in [6.07, 6.45) is 1.88. The Labute approximate surface area is 117 Å². The van der Waals surface area contributed by atoms with Crippen LogP contribution in [-0.4, -0.2) is 33.5 Å². The van der Waals surface area contributed by atoms with Crippen LogP contribution in [0.25, 0.3) is 0 Å². The molecule has 0 aromatic carbocycles. The third-order valence-corrected chi connectivity index (χ3v) is 3.50. The normalized spacial score (nSPS) is 19.5. The minimum Gasteiger partial charge on any atom is -0.438 e. The van der Waals surface area contributed by atoms with Crippen molar-refractivity contribution in [2.45, 2.75) is 24.0 Å². The van der Waals surface area contributed by atoms with Gasteiger partial charge in [0.05, 0.1) is 0 Å². The molecule has 2 rings (SSSR count). The summed E-state index contributed by atoms with van der Waals surface area (Å²) >= 11 is 0. The van der Waals surface area contributed by atoms with Gasteiger partial charge < -0.3 is 15.1 Å². The highest BCUT2D eigenvalue weighted by Gasteiger charge is 2.20. The molecule has 4 N–H and O–H groups in total. The molecular weight excluding hydrogens is 294 g/mol. The number of amides is 1. The zero-order valence-corrected chi connectivity index (χ0v) is 11.7. The third-order valence-electron chi connectivity index (χ3n) is 2.72. The highest BCUT2D eigenvalue weighted by molar-refractivity contribution is 7.89. The molecule has 1 aromatic heterocycles. The summed E-state index contributed by atoms with van der Waals surface area (Å²) in [6, 6.07) is 2.50. The fourth-order valence-electron chi connectivity index (χ4n) is 1.83. The number of primary sulfonamides is 1. The van der Waals surface area contributed by atoms with E-state index in [4.69, 9.17) is 9.56 Å². The lowest BCUT2D eigenvalue weighted by Crippen LogP contribution is -2.45. The number of hydrogen-bond acceptors (Lipinski definition) is 5. The number of rotatable bonds is 3. The molecule has 1 aromatic rings. The van der Waals surface area contributed by atoms with E-state index in [1.807, 2.05) is 0 Å². The average molecular weight is 310 g/mol. The SMILES string of the molecule is Cl.NS(=O)(=O)c1ccc(C(=O)N[C@H]2CCCNC2)o1. The van der Waals surface area contributed by atoms with Gasteiger partial charge in [0.15, 0.2) is 5.76 Å². The van der Waals surface area contributed by atoms with Gasteiger partial charge in [-0.2, -0.15) is 0 Å². The lowest BCUT2D eigenvalue weighted by molar-refractivity contribution is 0.0897. The molecule has 1 saturated heterocycles. The first kappa shape index (κ1) is 16.0. The monoisotopic (exact) mass is 309 g/mol. The van der Waals surface area contributed by atoms with Gasteiger partial charge in [0, 0.05) is 12.6 Å². The molecule has 0 aliphatic carbocycles. The van der Waals surface area contributed by atoms with E-state index in [9.17, 15) is 13.2 Å². The van der Waals surface area contributed by atoms with Crippen LogP contribution in [0, 0.1) is 0 Å². The van der Waals surface area contributed by atoms with Crippen LogP contribution in [0.1, 0.15) is 23.4 Å². The molecule has 1 atom stereocenters. The number of carbonyl (C=O) groups is 1. The number of nitrogens with one attached hydrogen (secondary N) is 2. The van der Waals surface area contributed by atoms with Gasteiger partial charge >= 0.3 is 0 Å². The number of carbonyl (C=O) groups excluding carboxylic acids is 1. The number of piperidine rings is 1. The quantitative estimate of drug-likeness (QED) is 0.717. The second-order valence-electron chi connectivity index (χ2n) is 4.18. The van der Waals surface area contributed by atoms with E-state index in [0.29, 0.717) is 6.54 Å². The van der Waals surface area contributed by atoms with Gasteiger partial charge in [-0.05, 0) is 31.5 Å². The van der Waals surface area contributed by atoms with Gasteiger partial charge in [-0.3, -0.25) is 4.79 Å². The highest BCUT2D eigenvalue weighted by Crippen LogP contribution is 2.12. The van der Waals surface area contributed by atoms with Gasteiger partial charge in [0.25, 0.3) is 15.9 Å². The highest BCUT2D eigenvalue weighted by atomic mass is 35.5. The van der Waals surface area contributed by atoms with Crippen LogP contribution in [0.5, 0.6) is 0 Å². The van der Waals surface area contributed by atoms with Crippen LogP contribution in [0.15, 0.2) is 21.6 Å². The Morgan fingerprint density at radius 3 is 2.74 bits per heavy atom. The van der Waals surface area contributed by atoms with E-state index in [0.717, 1.165) is 19.4 Å². The van der Waals surface area contributed by atoms with E-state index in [-0.39, 0.29) is 24.2 Å². The summed E-state index contributed by atoms with van der Waals surface area (Å²) in [4.78, 5) is 11.8. The Hall–Kier alpha value is -1.09. The number of sulfonamides is 1. The maximum atomic E-state index is 11.8. The van der Waals surface area contributed by atoms with Crippen molar-refractivity contribution in [2.24, 2.45) is 5.14 Å². The maximum Gasteiger partial charge on any atom is 0.287 e. The van der Waals surface area contributed by atoms with Crippen molar-refractivity contribution >= 4 is 28.3 Å². The summed E-state index contributed by atoms with van der Waals surface area (Å²) in [6.45, 7) is 1.65. The molecule has 9 heteroatoms. The Bertz CT molecular complexity index is 537. The minimum absolute atomic E-state index is 0. The minimum atomic E-state index is -3.91. The van der Waals surface area contributed by atoms with Crippen molar-refractivity contribution in [1.82, 2.24) is 10.6 Å². The smallest absolute Gasteiger partial charge is 0.287 e. The average Bonchev–Trinajstić information content (AvgIpc) is 2.79. The zero-order chi connectivity index (χ0) is 13.2. The number of nitrogens with two attached hydrogens (primary N) is 1.